The van der Waals surface area contributed by atoms with Crippen LogP contribution in [0.4, 0.5) is 11.4 Å². The third-order valence-electron chi connectivity index (χ3n) is 5.73. The number of likely N-dealkylation sites (N-methyl/N-ethyl adjacent to an activating group) is 1. The zero-order chi connectivity index (χ0) is 21.0. The number of para-hydroxylation sites is 1. The second-order valence-electron chi connectivity index (χ2n) is 8.43. The number of piperazine rings is 1. The second kappa shape index (κ2) is 9.40. The van der Waals surface area contributed by atoms with Gasteiger partial charge in [-0.15, -0.1) is 0 Å². The Hall–Kier alpha value is -2.40. The molecule has 1 aliphatic rings. The standard InChI is InChI=1S/C24H34N4O/c1-6-27-10-12-28(13-11-27)24(29)19-14-20(16-25-15-19)26-23-21(17(2)3)8-7-9-22(23)18(4)5/h7-9,14-18,26H,6,10-13H2,1-5H3. The number of benzene rings is 1. The van der Waals surface area contributed by atoms with Crippen LogP contribution >= 0.6 is 0 Å². The molecule has 1 saturated heterocycles. The van der Waals surface area contributed by atoms with E-state index < -0.39 is 0 Å². The molecule has 1 amide bonds. The minimum atomic E-state index is 0.0677. The number of rotatable bonds is 6. The number of hydrogen-bond acceptors (Lipinski definition) is 4. The summed E-state index contributed by atoms with van der Waals surface area (Å²) in [7, 11) is 0. The molecule has 0 saturated carbocycles. The molecule has 0 spiro atoms. The maximum atomic E-state index is 13.0. The Morgan fingerprint density at radius 3 is 2.21 bits per heavy atom. The largest absolute Gasteiger partial charge is 0.354 e. The number of anilines is 2. The van der Waals surface area contributed by atoms with E-state index in [4.69, 9.17) is 0 Å². The van der Waals surface area contributed by atoms with E-state index in [-0.39, 0.29) is 5.91 Å². The molecule has 1 aromatic heterocycles. The van der Waals surface area contributed by atoms with Crippen molar-refractivity contribution in [3.63, 3.8) is 0 Å². The summed E-state index contributed by atoms with van der Waals surface area (Å²) in [5.41, 5.74) is 5.21. The van der Waals surface area contributed by atoms with Crippen LogP contribution < -0.4 is 5.32 Å². The number of pyridine rings is 1. The van der Waals surface area contributed by atoms with E-state index in [0.29, 0.717) is 17.4 Å². The number of carbonyl (C=O) groups excluding carboxylic acids is 1. The van der Waals surface area contributed by atoms with Gasteiger partial charge in [0, 0.05) is 38.1 Å². The molecule has 5 nitrogen and oxygen atoms in total. The third kappa shape index (κ3) is 4.96. The van der Waals surface area contributed by atoms with Gasteiger partial charge in [-0.1, -0.05) is 52.8 Å². The van der Waals surface area contributed by atoms with Gasteiger partial charge in [0.1, 0.15) is 0 Å². The normalized spacial score (nSPS) is 15.2. The smallest absolute Gasteiger partial charge is 0.255 e. The van der Waals surface area contributed by atoms with E-state index in [1.807, 2.05) is 11.0 Å². The Bertz CT molecular complexity index is 812. The molecule has 1 fully saturated rings. The van der Waals surface area contributed by atoms with E-state index in [0.717, 1.165) is 44.1 Å². The van der Waals surface area contributed by atoms with Gasteiger partial charge in [0.05, 0.1) is 17.4 Å². The maximum Gasteiger partial charge on any atom is 0.255 e. The lowest BCUT2D eigenvalue weighted by Crippen LogP contribution is -2.48. The highest BCUT2D eigenvalue weighted by Crippen LogP contribution is 2.34. The van der Waals surface area contributed by atoms with Gasteiger partial charge in [-0.3, -0.25) is 9.78 Å². The van der Waals surface area contributed by atoms with Crippen LogP contribution in [0, 0.1) is 0 Å². The molecule has 1 aliphatic heterocycles. The fourth-order valence-corrected chi connectivity index (χ4v) is 3.91. The number of aromatic nitrogens is 1. The molecular formula is C24H34N4O. The highest BCUT2D eigenvalue weighted by Gasteiger charge is 2.22. The van der Waals surface area contributed by atoms with Crippen molar-refractivity contribution in [2.75, 3.05) is 38.0 Å². The van der Waals surface area contributed by atoms with Gasteiger partial charge in [-0.05, 0) is 35.6 Å². The van der Waals surface area contributed by atoms with Gasteiger partial charge < -0.3 is 15.1 Å². The lowest BCUT2D eigenvalue weighted by Gasteiger charge is -2.34. The van der Waals surface area contributed by atoms with Crippen LogP contribution in [0.1, 0.15) is 67.9 Å². The van der Waals surface area contributed by atoms with Gasteiger partial charge in [0.2, 0.25) is 0 Å². The summed E-state index contributed by atoms with van der Waals surface area (Å²) in [6.07, 6.45) is 3.48. The predicted octanol–water partition coefficient (Wildman–Crippen LogP) is 4.85. The molecule has 156 valence electrons. The van der Waals surface area contributed by atoms with Crippen LogP contribution in [-0.2, 0) is 0 Å². The van der Waals surface area contributed by atoms with Crippen molar-refractivity contribution in [1.29, 1.82) is 0 Å². The fraction of sp³-hybridized carbons (Fsp3) is 0.500. The minimum absolute atomic E-state index is 0.0677. The SMILES string of the molecule is CCN1CCN(C(=O)c2cncc(Nc3c(C(C)C)cccc3C(C)C)c2)CC1. The van der Waals surface area contributed by atoms with Gasteiger partial charge in [0.15, 0.2) is 0 Å². The van der Waals surface area contributed by atoms with Crippen molar-refractivity contribution in [2.24, 2.45) is 0 Å². The summed E-state index contributed by atoms with van der Waals surface area (Å²) < 4.78 is 0. The summed E-state index contributed by atoms with van der Waals surface area (Å²) in [4.78, 5) is 21.7. The van der Waals surface area contributed by atoms with Gasteiger partial charge in [-0.25, -0.2) is 0 Å². The lowest BCUT2D eigenvalue weighted by atomic mass is 9.92. The zero-order valence-corrected chi connectivity index (χ0v) is 18.4. The van der Waals surface area contributed by atoms with Crippen molar-refractivity contribution < 1.29 is 4.79 Å². The quantitative estimate of drug-likeness (QED) is 0.761. The molecular weight excluding hydrogens is 360 g/mol. The fourth-order valence-electron chi connectivity index (χ4n) is 3.91. The monoisotopic (exact) mass is 394 g/mol. The average molecular weight is 395 g/mol. The minimum Gasteiger partial charge on any atom is -0.354 e. The van der Waals surface area contributed by atoms with E-state index in [1.54, 1.807) is 12.4 Å². The average Bonchev–Trinajstić information content (AvgIpc) is 2.73. The molecule has 0 radical (unpaired) electrons. The molecule has 29 heavy (non-hydrogen) atoms. The molecule has 2 aromatic rings. The summed E-state index contributed by atoms with van der Waals surface area (Å²) in [6, 6.07) is 8.41. The molecule has 5 heteroatoms. The van der Waals surface area contributed by atoms with E-state index in [1.165, 1.54) is 11.1 Å². The summed E-state index contributed by atoms with van der Waals surface area (Å²) in [5.74, 6) is 0.880. The van der Waals surface area contributed by atoms with Crippen LogP contribution in [0.25, 0.3) is 0 Å². The predicted molar refractivity (Wildman–Crippen MR) is 120 cm³/mol. The van der Waals surface area contributed by atoms with Gasteiger partial charge >= 0.3 is 0 Å². The first-order chi connectivity index (χ1) is 13.9. The van der Waals surface area contributed by atoms with Crippen molar-refractivity contribution in [3.8, 4) is 0 Å². The Kier molecular flexibility index (Phi) is 6.91. The van der Waals surface area contributed by atoms with Gasteiger partial charge in [-0.2, -0.15) is 0 Å². The van der Waals surface area contributed by atoms with Crippen molar-refractivity contribution in [1.82, 2.24) is 14.8 Å². The van der Waals surface area contributed by atoms with E-state index in [9.17, 15) is 4.79 Å². The van der Waals surface area contributed by atoms with Crippen LogP contribution in [0.5, 0.6) is 0 Å². The topological polar surface area (TPSA) is 48.5 Å². The van der Waals surface area contributed by atoms with Crippen LogP contribution in [-0.4, -0.2) is 53.4 Å². The molecule has 0 atom stereocenters. The Labute approximate surface area is 175 Å². The Morgan fingerprint density at radius 2 is 1.66 bits per heavy atom. The Morgan fingerprint density at radius 1 is 1.03 bits per heavy atom. The van der Waals surface area contributed by atoms with Crippen molar-refractivity contribution in [3.05, 3.63) is 53.3 Å². The first kappa shape index (κ1) is 21.3. The molecule has 0 aliphatic carbocycles. The highest BCUT2D eigenvalue weighted by molar-refractivity contribution is 5.95. The molecule has 1 N–H and O–H groups in total. The molecule has 0 unspecified atom stereocenters. The first-order valence-electron chi connectivity index (χ1n) is 10.8. The molecule has 2 heterocycles. The molecule has 3 rings (SSSR count). The zero-order valence-electron chi connectivity index (χ0n) is 18.4. The highest BCUT2D eigenvalue weighted by atomic mass is 16.2. The molecule has 1 aromatic carbocycles. The summed E-state index contributed by atoms with van der Waals surface area (Å²) in [6.45, 7) is 15.5. The van der Waals surface area contributed by atoms with E-state index in [2.05, 4.69) is 68.0 Å². The maximum absolute atomic E-state index is 13.0. The number of nitrogens with one attached hydrogen (secondary N) is 1. The number of amides is 1. The lowest BCUT2D eigenvalue weighted by molar-refractivity contribution is 0.0643. The third-order valence-corrected chi connectivity index (χ3v) is 5.73. The Balaban J connectivity index is 1.83. The number of hydrogen-bond donors (Lipinski definition) is 1. The van der Waals surface area contributed by atoms with Crippen LogP contribution in [0.2, 0.25) is 0 Å². The van der Waals surface area contributed by atoms with Crippen molar-refractivity contribution in [2.45, 2.75) is 46.5 Å². The molecule has 0 bridgehead atoms. The van der Waals surface area contributed by atoms with E-state index >= 15 is 0 Å². The number of nitrogens with zero attached hydrogens (tertiary/aromatic N) is 3. The van der Waals surface area contributed by atoms with Crippen LogP contribution in [0.3, 0.4) is 0 Å². The van der Waals surface area contributed by atoms with Gasteiger partial charge in [0.25, 0.3) is 5.91 Å². The van der Waals surface area contributed by atoms with Crippen molar-refractivity contribution >= 4 is 17.3 Å². The summed E-state index contributed by atoms with van der Waals surface area (Å²) in [5, 5.41) is 3.58. The summed E-state index contributed by atoms with van der Waals surface area (Å²) >= 11 is 0. The first-order valence-corrected chi connectivity index (χ1v) is 10.8. The second-order valence-corrected chi connectivity index (χ2v) is 8.43. The number of carbonyl (C=O) groups is 1. The van der Waals surface area contributed by atoms with Crippen LogP contribution in [0.15, 0.2) is 36.7 Å².